The lowest BCUT2D eigenvalue weighted by atomic mass is 9.90. The Kier molecular flexibility index (Phi) is 6.05. The predicted octanol–water partition coefficient (Wildman–Crippen LogP) is 5.46. The highest BCUT2D eigenvalue weighted by molar-refractivity contribution is 5.71. The van der Waals surface area contributed by atoms with E-state index in [0.717, 1.165) is 18.0 Å². The molecule has 2 atom stereocenters. The van der Waals surface area contributed by atoms with Crippen LogP contribution in [-0.4, -0.2) is 24.5 Å². The van der Waals surface area contributed by atoms with Crippen LogP contribution in [0.1, 0.15) is 64.9 Å². The normalized spacial score (nSPS) is 18.2. The maximum atomic E-state index is 14.6. The molecule has 0 saturated heterocycles. The molecule has 1 aromatic carbocycles. The number of alkyl halides is 3. The number of hydrogen-bond acceptors (Lipinski definition) is 5. The molecule has 0 bridgehead atoms. The lowest BCUT2D eigenvalue weighted by Crippen LogP contribution is -2.28. The first-order chi connectivity index (χ1) is 17.1. The topological polar surface area (TPSA) is 73.6 Å². The van der Waals surface area contributed by atoms with Crippen LogP contribution in [0.2, 0.25) is 0 Å². The molecule has 3 aromatic heterocycles. The van der Waals surface area contributed by atoms with Gasteiger partial charge < -0.3 is 0 Å². The Morgan fingerprint density at radius 1 is 1.06 bits per heavy atom. The molecule has 5 rings (SSSR count). The molecule has 1 fully saturated rings. The molecule has 1 aliphatic carbocycles. The van der Waals surface area contributed by atoms with Gasteiger partial charge in [0.05, 0.1) is 17.9 Å². The largest absolute Gasteiger partial charge is 0.435 e. The smallest absolute Gasteiger partial charge is 0.285 e. The number of aromatic nitrogens is 5. The number of fused-ring (bicyclic) bond motifs is 1. The summed E-state index contributed by atoms with van der Waals surface area (Å²) in [5, 5.41) is 0. The average Bonchev–Trinajstić information content (AvgIpc) is 3.30. The standard InChI is InChI=1S/C26H23F4N5O/c1-14-4-3-5-19(27)22(14)17-7-6-16(10-17)18-11-20-24(34-15(2)12-33-20)35(25(18)36)13-21-23(26(28,29)30)32-9-8-31-21/h3-5,8-9,11-12,16-17H,6-7,10,13H2,1-2H3/t16-,17+/m1/s1. The molecule has 36 heavy (non-hydrogen) atoms. The van der Waals surface area contributed by atoms with Crippen LogP contribution in [0, 0.1) is 19.7 Å². The highest BCUT2D eigenvalue weighted by atomic mass is 19.4. The fourth-order valence-electron chi connectivity index (χ4n) is 5.23. The minimum Gasteiger partial charge on any atom is -0.285 e. The Morgan fingerprint density at radius 3 is 2.56 bits per heavy atom. The van der Waals surface area contributed by atoms with E-state index in [0.29, 0.717) is 41.6 Å². The Morgan fingerprint density at radius 2 is 1.81 bits per heavy atom. The van der Waals surface area contributed by atoms with E-state index in [4.69, 9.17) is 0 Å². The molecule has 0 spiro atoms. The molecular formula is C26H23F4N5O. The Bertz CT molecular complexity index is 1490. The van der Waals surface area contributed by atoms with Crippen molar-refractivity contribution in [3.63, 3.8) is 0 Å². The fourth-order valence-corrected chi connectivity index (χ4v) is 5.23. The van der Waals surface area contributed by atoms with Gasteiger partial charge in [-0.2, -0.15) is 13.2 Å². The monoisotopic (exact) mass is 497 g/mol. The zero-order valence-corrected chi connectivity index (χ0v) is 19.7. The minimum absolute atomic E-state index is 0.0549. The number of aryl methyl sites for hydroxylation is 2. The molecule has 0 amide bonds. The van der Waals surface area contributed by atoms with Crippen molar-refractivity contribution in [2.45, 2.75) is 57.7 Å². The summed E-state index contributed by atoms with van der Waals surface area (Å²) in [6, 6.07) is 6.65. The predicted molar refractivity (Wildman–Crippen MR) is 125 cm³/mol. The van der Waals surface area contributed by atoms with Gasteiger partial charge in [-0.3, -0.25) is 19.3 Å². The summed E-state index contributed by atoms with van der Waals surface area (Å²) in [6.45, 7) is 3.11. The fraction of sp³-hybridized carbons (Fsp3) is 0.346. The van der Waals surface area contributed by atoms with E-state index in [9.17, 15) is 22.4 Å². The van der Waals surface area contributed by atoms with Gasteiger partial charge in [0.1, 0.15) is 11.3 Å². The van der Waals surface area contributed by atoms with Crippen molar-refractivity contribution in [3.05, 3.63) is 92.8 Å². The lowest BCUT2D eigenvalue weighted by molar-refractivity contribution is -0.142. The molecule has 3 heterocycles. The van der Waals surface area contributed by atoms with Crippen LogP contribution in [0.5, 0.6) is 0 Å². The van der Waals surface area contributed by atoms with E-state index in [1.165, 1.54) is 10.6 Å². The van der Waals surface area contributed by atoms with Crippen molar-refractivity contribution in [1.82, 2.24) is 24.5 Å². The molecule has 1 saturated carbocycles. The number of pyridine rings is 1. The van der Waals surface area contributed by atoms with Gasteiger partial charge in [-0.25, -0.2) is 14.4 Å². The molecule has 0 unspecified atom stereocenters. The van der Waals surface area contributed by atoms with Gasteiger partial charge >= 0.3 is 6.18 Å². The summed E-state index contributed by atoms with van der Waals surface area (Å²) >= 11 is 0. The van der Waals surface area contributed by atoms with Crippen LogP contribution >= 0.6 is 0 Å². The molecular weight excluding hydrogens is 474 g/mol. The van der Waals surface area contributed by atoms with E-state index >= 15 is 0 Å². The molecule has 1 aliphatic rings. The van der Waals surface area contributed by atoms with Crippen LogP contribution < -0.4 is 5.56 Å². The van der Waals surface area contributed by atoms with E-state index < -0.39 is 24.0 Å². The second-order valence-electron chi connectivity index (χ2n) is 9.24. The molecule has 6 nitrogen and oxygen atoms in total. The van der Waals surface area contributed by atoms with E-state index in [1.807, 2.05) is 13.0 Å². The zero-order chi connectivity index (χ0) is 25.6. The average molecular weight is 497 g/mol. The van der Waals surface area contributed by atoms with Crippen molar-refractivity contribution in [1.29, 1.82) is 0 Å². The summed E-state index contributed by atoms with van der Waals surface area (Å²) in [5.41, 5.74) is 1.10. The van der Waals surface area contributed by atoms with Crippen LogP contribution in [0.25, 0.3) is 11.2 Å². The van der Waals surface area contributed by atoms with Crippen LogP contribution in [0.3, 0.4) is 0 Å². The first kappa shape index (κ1) is 24.0. The second kappa shape index (κ2) is 9.07. The first-order valence-electron chi connectivity index (χ1n) is 11.6. The maximum absolute atomic E-state index is 14.6. The van der Waals surface area contributed by atoms with Gasteiger partial charge in [-0.1, -0.05) is 12.1 Å². The number of nitrogens with zero attached hydrogens (tertiary/aromatic N) is 5. The van der Waals surface area contributed by atoms with E-state index in [1.54, 1.807) is 25.3 Å². The summed E-state index contributed by atoms with van der Waals surface area (Å²) < 4.78 is 56.5. The number of rotatable bonds is 4. The Hall–Kier alpha value is -3.69. The van der Waals surface area contributed by atoms with Crippen LogP contribution in [0.4, 0.5) is 17.6 Å². The lowest BCUT2D eigenvalue weighted by Gasteiger charge is -2.18. The molecule has 0 aliphatic heterocycles. The van der Waals surface area contributed by atoms with Crippen molar-refractivity contribution in [2.75, 3.05) is 0 Å². The van der Waals surface area contributed by atoms with E-state index in [-0.39, 0.29) is 29.0 Å². The van der Waals surface area contributed by atoms with Crippen molar-refractivity contribution < 1.29 is 17.6 Å². The van der Waals surface area contributed by atoms with Crippen molar-refractivity contribution in [2.24, 2.45) is 0 Å². The summed E-state index contributed by atoms with van der Waals surface area (Å²) in [7, 11) is 0. The third-order valence-electron chi connectivity index (χ3n) is 6.84. The summed E-state index contributed by atoms with van der Waals surface area (Å²) in [5.74, 6) is -0.509. The van der Waals surface area contributed by atoms with Gasteiger partial charge in [-0.15, -0.1) is 0 Å². The second-order valence-corrected chi connectivity index (χ2v) is 9.24. The summed E-state index contributed by atoms with van der Waals surface area (Å²) in [6.07, 6.45) is 0.862. The number of halogens is 4. The molecule has 0 radical (unpaired) electrons. The Labute approximate surface area is 204 Å². The SMILES string of the molecule is Cc1cnc2cc([C@@H]3CC[C@H](c4c(C)cccc4F)C3)c(=O)n(Cc3nccnc3C(F)(F)F)c2n1. The summed E-state index contributed by atoms with van der Waals surface area (Å²) in [4.78, 5) is 29.8. The molecule has 186 valence electrons. The number of hydrogen-bond donors (Lipinski definition) is 0. The number of benzene rings is 1. The minimum atomic E-state index is -4.72. The third kappa shape index (κ3) is 4.36. The highest BCUT2D eigenvalue weighted by Gasteiger charge is 2.37. The van der Waals surface area contributed by atoms with Gasteiger partial charge in [0.25, 0.3) is 5.56 Å². The molecule has 4 aromatic rings. The first-order valence-corrected chi connectivity index (χ1v) is 11.6. The van der Waals surface area contributed by atoms with E-state index in [2.05, 4.69) is 19.9 Å². The van der Waals surface area contributed by atoms with Crippen molar-refractivity contribution in [3.8, 4) is 0 Å². The Balaban J connectivity index is 1.60. The quantitative estimate of drug-likeness (QED) is 0.350. The van der Waals surface area contributed by atoms with Gasteiger partial charge in [0.15, 0.2) is 11.3 Å². The van der Waals surface area contributed by atoms with Crippen LogP contribution in [0.15, 0.2) is 47.7 Å². The van der Waals surface area contributed by atoms with Gasteiger partial charge in [-0.05, 0) is 68.2 Å². The molecule has 10 heteroatoms. The zero-order valence-electron chi connectivity index (χ0n) is 19.7. The molecule has 0 N–H and O–H groups in total. The van der Waals surface area contributed by atoms with Crippen LogP contribution in [-0.2, 0) is 12.7 Å². The highest BCUT2D eigenvalue weighted by Crippen LogP contribution is 2.44. The third-order valence-corrected chi connectivity index (χ3v) is 6.84. The van der Waals surface area contributed by atoms with Gasteiger partial charge in [0.2, 0.25) is 0 Å². The van der Waals surface area contributed by atoms with Crippen molar-refractivity contribution >= 4 is 11.2 Å². The van der Waals surface area contributed by atoms with Gasteiger partial charge in [0, 0.05) is 24.2 Å². The maximum Gasteiger partial charge on any atom is 0.435 e.